The Hall–Kier alpha value is -1.40. The fourth-order valence-electron chi connectivity index (χ4n) is 1.17. The third-order valence-electron chi connectivity index (χ3n) is 1.85. The first-order chi connectivity index (χ1) is 6.93. The van der Waals surface area contributed by atoms with E-state index < -0.39 is 30.4 Å². The molecule has 0 spiro atoms. The zero-order valence-corrected chi connectivity index (χ0v) is 7.81. The van der Waals surface area contributed by atoms with Crippen LogP contribution in [0, 0.1) is 5.95 Å². The molecule has 0 N–H and O–H groups in total. The molecule has 0 radical (unpaired) electrons. The van der Waals surface area contributed by atoms with Crippen molar-refractivity contribution in [1.29, 1.82) is 0 Å². The summed E-state index contributed by atoms with van der Waals surface area (Å²) in [6.07, 6.45) is -3.52. The molecule has 0 aliphatic heterocycles. The minimum Gasteiger partial charge on any atom is -0.255 e. The largest absolute Gasteiger partial charge is 0.338 e. The van der Waals surface area contributed by atoms with Gasteiger partial charge in [0.1, 0.15) is 5.56 Å². The van der Waals surface area contributed by atoms with Gasteiger partial charge in [0.05, 0.1) is 5.69 Å². The monoisotopic (exact) mass is 224 g/mol. The van der Waals surface area contributed by atoms with Gasteiger partial charge in [-0.2, -0.15) is 13.9 Å². The van der Waals surface area contributed by atoms with Crippen LogP contribution in [-0.2, 0) is 13.5 Å². The predicted octanol–water partition coefficient (Wildman–Crippen LogP) is 1.87. The van der Waals surface area contributed by atoms with E-state index in [1.165, 1.54) is 0 Å². The lowest BCUT2D eigenvalue weighted by atomic mass is 10.1. The van der Waals surface area contributed by atoms with Crippen molar-refractivity contribution < 1.29 is 22.4 Å². The number of hydrogen-bond donors (Lipinski definition) is 0. The van der Waals surface area contributed by atoms with Gasteiger partial charge in [-0.1, -0.05) is 0 Å². The van der Waals surface area contributed by atoms with Gasteiger partial charge in [0, 0.05) is 13.5 Å². The van der Waals surface area contributed by atoms with Gasteiger partial charge in [-0.05, 0) is 6.42 Å². The molecule has 0 aliphatic rings. The third-order valence-corrected chi connectivity index (χ3v) is 1.85. The first kappa shape index (κ1) is 11.7. The molecule has 0 unspecified atom stereocenters. The fourth-order valence-corrected chi connectivity index (χ4v) is 1.17. The number of alkyl halides is 2. The SMILES string of the molecule is Cn1nc(CCC(F)F)c(C(=O)F)c1F. The summed E-state index contributed by atoms with van der Waals surface area (Å²) in [6, 6.07) is -2.00. The molecule has 3 nitrogen and oxygen atoms in total. The maximum absolute atomic E-state index is 13.0. The summed E-state index contributed by atoms with van der Waals surface area (Å²) in [6.45, 7) is 0. The molecule has 0 amide bonds. The first-order valence-electron chi connectivity index (χ1n) is 4.12. The van der Waals surface area contributed by atoms with Crippen LogP contribution in [0.4, 0.5) is 17.6 Å². The fraction of sp³-hybridized carbons (Fsp3) is 0.500. The van der Waals surface area contributed by atoms with Gasteiger partial charge in [0.25, 0.3) is 0 Å². The molecule has 1 heterocycles. The van der Waals surface area contributed by atoms with Gasteiger partial charge >= 0.3 is 6.04 Å². The summed E-state index contributed by atoms with van der Waals surface area (Å²) in [7, 11) is 1.16. The highest BCUT2D eigenvalue weighted by Crippen LogP contribution is 2.16. The number of rotatable bonds is 4. The molecule has 15 heavy (non-hydrogen) atoms. The normalized spacial score (nSPS) is 11.1. The summed E-state index contributed by atoms with van der Waals surface area (Å²) in [5, 5.41) is 3.45. The van der Waals surface area contributed by atoms with Gasteiger partial charge < -0.3 is 0 Å². The maximum atomic E-state index is 13.0. The number of carbonyl (C=O) groups excluding carboxylic acids is 1. The van der Waals surface area contributed by atoms with E-state index in [0.29, 0.717) is 4.68 Å². The number of halogens is 4. The molecular weight excluding hydrogens is 216 g/mol. The van der Waals surface area contributed by atoms with E-state index in [-0.39, 0.29) is 12.1 Å². The lowest BCUT2D eigenvalue weighted by Gasteiger charge is -1.96. The molecule has 0 saturated carbocycles. The van der Waals surface area contributed by atoms with Crippen LogP contribution in [0.2, 0.25) is 0 Å². The van der Waals surface area contributed by atoms with Crippen LogP contribution in [0.3, 0.4) is 0 Å². The second-order valence-corrected chi connectivity index (χ2v) is 2.94. The molecule has 1 rings (SSSR count). The van der Waals surface area contributed by atoms with Gasteiger partial charge in [-0.25, -0.2) is 13.5 Å². The zero-order chi connectivity index (χ0) is 11.6. The lowest BCUT2D eigenvalue weighted by Crippen LogP contribution is -2.01. The van der Waals surface area contributed by atoms with E-state index in [4.69, 9.17) is 0 Å². The second kappa shape index (κ2) is 4.41. The summed E-state index contributed by atoms with van der Waals surface area (Å²) < 4.78 is 49.8. The van der Waals surface area contributed by atoms with Crippen LogP contribution in [0.25, 0.3) is 0 Å². The summed E-state index contributed by atoms with van der Waals surface area (Å²) in [5.74, 6) is -1.15. The van der Waals surface area contributed by atoms with Gasteiger partial charge in [0.15, 0.2) is 0 Å². The van der Waals surface area contributed by atoms with Crippen molar-refractivity contribution >= 4 is 6.04 Å². The highest BCUT2D eigenvalue weighted by atomic mass is 19.3. The Morgan fingerprint density at radius 2 is 2.13 bits per heavy atom. The van der Waals surface area contributed by atoms with Gasteiger partial charge in [-0.15, -0.1) is 0 Å². The van der Waals surface area contributed by atoms with Crippen LogP contribution < -0.4 is 0 Å². The lowest BCUT2D eigenvalue weighted by molar-refractivity contribution is 0.0828. The molecule has 0 aromatic carbocycles. The number of hydrogen-bond acceptors (Lipinski definition) is 2. The average molecular weight is 224 g/mol. The molecule has 1 aromatic rings. The molecule has 0 atom stereocenters. The molecule has 0 saturated heterocycles. The second-order valence-electron chi connectivity index (χ2n) is 2.94. The Kier molecular flexibility index (Phi) is 3.43. The molecule has 7 heteroatoms. The quantitative estimate of drug-likeness (QED) is 0.578. The summed E-state index contributed by atoms with van der Waals surface area (Å²) in [5.41, 5.74) is -1.12. The zero-order valence-electron chi connectivity index (χ0n) is 7.81. The van der Waals surface area contributed by atoms with Crippen molar-refractivity contribution in [3.63, 3.8) is 0 Å². The Morgan fingerprint density at radius 1 is 1.53 bits per heavy atom. The van der Waals surface area contributed by atoms with E-state index in [1.807, 2.05) is 0 Å². The van der Waals surface area contributed by atoms with Crippen LogP contribution in [0.15, 0.2) is 0 Å². The van der Waals surface area contributed by atoms with Crippen LogP contribution in [-0.4, -0.2) is 22.2 Å². The Labute approximate surface area is 82.7 Å². The van der Waals surface area contributed by atoms with Crippen molar-refractivity contribution in [1.82, 2.24) is 9.78 Å². The van der Waals surface area contributed by atoms with Crippen molar-refractivity contribution in [3.05, 3.63) is 17.2 Å². The topological polar surface area (TPSA) is 34.9 Å². The smallest absolute Gasteiger partial charge is 0.255 e. The summed E-state index contributed by atoms with van der Waals surface area (Å²) in [4.78, 5) is 10.4. The Bertz CT molecular complexity index is 375. The van der Waals surface area contributed by atoms with E-state index in [0.717, 1.165) is 7.05 Å². The van der Waals surface area contributed by atoms with Crippen molar-refractivity contribution in [2.75, 3.05) is 0 Å². The predicted molar refractivity (Wildman–Crippen MR) is 42.9 cm³/mol. The number of aryl methyl sites for hydroxylation is 2. The van der Waals surface area contributed by atoms with Crippen LogP contribution >= 0.6 is 0 Å². The Morgan fingerprint density at radius 3 is 2.60 bits per heavy atom. The van der Waals surface area contributed by atoms with Gasteiger partial charge in [0.2, 0.25) is 12.4 Å². The van der Waals surface area contributed by atoms with E-state index >= 15 is 0 Å². The maximum Gasteiger partial charge on any atom is 0.338 e. The third kappa shape index (κ3) is 2.54. The minimum absolute atomic E-state index is 0.275. The molecular formula is C8H8F4N2O. The highest BCUT2D eigenvalue weighted by Gasteiger charge is 2.23. The average Bonchev–Trinajstić information content (AvgIpc) is 2.39. The van der Waals surface area contributed by atoms with Crippen molar-refractivity contribution in [3.8, 4) is 0 Å². The molecule has 0 aliphatic carbocycles. The number of carbonyl (C=O) groups is 1. The number of nitrogens with zero attached hydrogens (tertiary/aromatic N) is 2. The molecule has 0 fully saturated rings. The van der Waals surface area contributed by atoms with Gasteiger partial charge in [-0.3, -0.25) is 4.79 Å². The van der Waals surface area contributed by atoms with Crippen molar-refractivity contribution in [2.45, 2.75) is 19.3 Å². The van der Waals surface area contributed by atoms with Crippen LogP contribution in [0.1, 0.15) is 22.5 Å². The first-order valence-corrected chi connectivity index (χ1v) is 4.12. The van der Waals surface area contributed by atoms with E-state index in [2.05, 4.69) is 5.10 Å². The number of aromatic nitrogens is 2. The standard InChI is InChI=1S/C8H8F4N2O/c1-14-7(11)6(8(12)15)4(13-14)2-3-5(9)10/h5H,2-3H2,1H3. The van der Waals surface area contributed by atoms with Crippen LogP contribution in [0.5, 0.6) is 0 Å². The summed E-state index contributed by atoms with van der Waals surface area (Å²) >= 11 is 0. The Balaban J connectivity index is 2.96. The molecule has 1 aromatic heterocycles. The van der Waals surface area contributed by atoms with E-state index in [9.17, 15) is 22.4 Å². The molecule has 0 bridgehead atoms. The van der Waals surface area contributed by atoms with Crippen molar-refractivity contribution in [2.24, 2.45) is 7.05 Å². The van der Waals surface area contributed by atoms with E-state index in [1.54, 1.807) is 0 Å². The molecule has 84 valence electrons. The minimum atomic E-state index is -2.60. The highest BCUT2D eigenvalue weighted by molar-refractivity contribution is 5.89.